The van der Waals surface area contributed by atoms with Gasteiger partial charge in [0, 0.05) is 13.1 Å². The van der Waals surface area contributed by atoms with Gasteiger partial charge in [-0.1, -0.05) is 0 Å². The van der Waals surface area contributed by atoms with Crippen LogP contribution in [-0.4, -0.2) is 50.2 Å². The van der Waals surface area contributed by atoms with Crippen LogP contribution in [0.3, 0.4) is 0 Å². The zero-order valence-electron chi connectivity index (χ0n) is 11.1. The van der Waals surface area contributed by atoms with Gasteiger partial charge >= 0.3 is 0 Å². The van der Waals surface area contributed by atoms with Gasteiger partial charge in [0.2, 0.25) is 5.91 Å². The highest BCUT2D eigenvalue weighted by Crippen LogP contribution is 2.16. The number of nitrogens with zero attached hydrogens (tertiary/aromatic N) is 1. The van der Waals surface area contributed by atoms with E-state index in [9.17, 15) is 4.79 Å². The molecular formula is C12H25ClN2O2. The Morgan fingerprint density at radius 2 is 2.24 bits per heavy atom. The molecule has 0 aromatic rings. The summed E-state index contributed by atoms with van der Waals surface area (Å²) in [6.07, 6.45) is 1.85. The van der Waals surface area contributed by atoms with Crippen LogP contribution in [0.15, 0.2) is 0 Å². The summed E-state index contributed by atoms with van der Waals surface area (Å²) >= 11 is 0. The first kappa shape index (κ1) is 16.7. The van der Waals surface area contributed by atoms with Gasteiger partial charge in [-0.2, -0.15) is 0 Å². The summed E-state index contributed by atoms with van der Waals surface area (Å²) < 4.78 is 5.39. The van der Waals surface area contributed by atoms with Gasteiger partial charge in [-0.15, -0.1) is 12.4 Å². The van der Waals surface area contributed by atoms with Gasteiger partial charge in [0.15, 0.2) is 0 Å². The van der Waals surface area contributed by atoms with Gasteiger partial charge < -0.3 is 15.0 Å². The second-order valence-electron chi connectivity index (χ2n) is 4.72. The van der Waals surface area contributed by atoms with Gasteiger partial charge in [-0.3, -0.25) is 4.79 Å². The molecule has 1 rings (SSSR count). The molecule has 1 saturated heterocycles. The third-order valence-corrected chi connectivity index (χ3v) is 2.90. The number of carbonyl (C=O) groups is 1. The molecule has 1 N–H and O–H groups in total. The van der Waals surface area contributed by atoms with E-state index in [0.29, 0.717) is 18.9 Å². The first-order valence-corrected chi connectivity index (χ1v) is 6.17. The molecule has 4 nitrogen and oxygen atoms in total. The summed E-state index contributed by atoms with van der Waals surface area (Å²) in [5.74, 6) is 0.860. The molecule has 0 radical (unpaired) electrons. The Morgan fingerprint density at radius 3 is 2.82 bits per heavy atom. The third-order valence-electron chi connectivity index (χ3n) is 2.90. The smallest absolute Gasteiger partial charge is 0.224 e. The Hall–Kier alpha value is -0.320. The zero-order valence-corrected chi connectivity index (χ0v) is 11.9. The van der Waals surface area contributed by atoms with Crippen LogP contribution in [0.25, 0.3) is 0 Å². The van der Waals surface area contributed by atoms with Crippen LogP contribution in [0.5, 0.6) is 0 Å². The van der Waals surface area contributed by atoms with Crippen molar-refractivity contribution in [2.75, 3.05) is 33.3 Å². The number of halogens is 1. The number of hydrogen-bond donors (Lipinski definition) is 1. The van der Waals surface area contributed by atoms with E-state index in [2.05, 4.69) is 5.32 Å². The van der Waals surface area contributed by atoms with Crippen molar-refractivity contribution >= 4 is 18.3 Å². The lowest BCUT2D eigenvalue weighted by Crippen LogP contribution is -2.31. The maximum absolute atomic E-state index is 11.8. The molecule has 0 aromatic carbocycles. The number of carbonyl (C=O) groups excluding carboxylic acids is 1. The van der Waals surface area contributed by atoms with E-state index in [4.69, 9.17) is 4.74 Å². The maximum Gasteiger partial charge on any atom is 0.224 e. The molecule has 1 aliphatic rings. The van der Waals surface area contributed by atoms with Gasteiger partial charge in [0.1, 0.15) is 0 Å². The van der Waals surface area contributed by atoms with Crippen LogP contribution in [0.2, 0.25) is 0 Å². The molecule has 0 aliphatic carbocycles. The van der Waals surface area contributed by atoms with Gasteiger partial charge in [0.05, 0.1) is 19.1 Å². The Bertz CT molecular complexity index is 225. The van der Waals surface area contributed by atoms with E-state index in [0.717, 1.165) is 26.1 Å². The Labute approximate surface area is 110 Å². The van der Waals surface area contributed by atoms with Crippen LogP contribution >= 0.6 is 12.4 Å². The summed E-state index contributed by atoms with van der Waals surface area (Å²) in [6.45, 7) is 7.34. The van der Waals surface area contributed by atoms with Crippen molar-refractivity contribution in [1.82, 2.24) is 10.2 Å². The lowest BCUT2D eigenvalue weighted by Gasteiger charge is -2.17. The molecule has 0 aromatic heterocycles. The first-order chi connectivity index (χ1) is 7.63. The second kappa shape index (κ2) is 8.72. The Balaban J connectivity index is 0.00000256. The summed E-state index contributed by atoms with van der Waals surface area (Å²) in [7, 11) is 1.96. The highest BCUT2D eigenvalue weighted by atomic mass is 35.5. The number of hydrogen-bond acceptors (Lipinski definition) is 3. The zero-order chi connectivity index (χ0) is 12.0. The highest BCUT2D eigenvalue weighted by molar-refractivity contribution is 5.85. The Morgan fingerprint density at radius 1 is 1.53 bits per heavy atom. The van der Waals surface area contributed by atoms with Crippen molar-refractivity contribution in [2.45, 2.75) is 32.8 Å². The topological polar surface area (TPSA) is 41.6 Å². The van der Waals surface area contributed by atoms with E-state index in [1.165, 1.54) is 0 Å². The predicted octanol–water partition coefficient (Wildman–Crippen LogP) is 1.29. The number of nitrogens with one attached hydrogen (secondary N) is 1. The molecule has 1 atom stereocenters. The summed E-state index contributed by atoms with van der Waals surface area (Å²) in [4.78, 5) is 13.8. The van der Waals surface area contributed by atoms with Crippen molar-refractivity contribution in [1.29, 1.82) is 0 Å². The molecular weight excluding hydrogens is 240 g/mol. The molecule has 0 spiro atoms. The minimum atomic E-state index is 0. The van der Waals surface area contributed by atoms with Gasteiger partial charge in [0.25, 0.3) is 0 Å². The Kier molecular flexibility index (Phi) is 8.56. The molecule has 1 unspecified atom stereocenters. The monoisotopic (exact) mass is 264 g/mol. The van der Waals surface area contributed by atoms with Crippen LogP contribution < -0.4 is 5.32 Å². The summed E-state index contributed by atoms with van der Waals surface area (Å²) in [5, 5.41) is 3.16. The molecule has 0 bridgehead atoms. The van der Waals surface area contributed by atoms with E-state index >= 15 is 0 Å². The van der Waals surface area contributed by atoms with E-state index in [1.54, 1.807) is 0 Å². The van der Waals surface area contributed by atoms with Crippen molar-refractivity contribution in [3.05, 3.63) is 0 Å². The fourth-order valence-corrected chi connectivity index (χ4v) is 2.05. The summed E-state index contributed by atoms with van der Waals surface area (Å²) in [6, 6.07) is 0. The number of amides is 1. The summed E-state index contributed by atoms with van der Waals surface area (Å²) in [5.41, 5.74) is 0. The minimum Gasteiger partial charge on any atom is -0.378 e. The van der Waals surface area contributed by atoms with Crippen molar-refractivity contribution < 1.29 is 9.53 Å². The maximum atomic E-state index is 11.8. The van der Waals surface area contributed by atoms with Crippen LogP contribution in [0.4, 0.5) is 0 Å². The van der Waals surface area contributed by atoms with E-state index in [1.807, 2.05) is 25.8 Å². The fourth-order valence-electron chi connectivity index (χ4n) is 2.05. The first-order valence-electron chi connectivity index (χ1n) is 6.17. The van der Waals surface area contributed by atoms with Crippen LogP contribution in [-0.2, 0) is 9.53 Å². The second-order valence-corrected chi connectivity index (χ2v) is 4.72. The normalized spacial score (nSPS) is 19.5. The highest BCUT2D eigenvalue weighted by Gasteiger charge is 2.25. The lowest BCUT2D eigenvalue weighted by molar-refractivity contribution is -0.131. The quantitative estimate of drug-likeness (QED) is 0.786. The fraction of sp³-hybridized carbons (Fsp3) is 0.917. The standard InChI is InChI=1S/C12H24N2O2.ClH/c1-10(2)16-7-5-12(15)14-6-4-11(9-14)8-13-3;/h10-11,13H,4-9H2,1-3H3;1H. The molecule has 1 amide bonds. The molecule has 0 saturated carbocycles. The SMILES string of the molecule is CNCC1CCN(C(=O)CCOC(C)C)C1.Cl. The van der Waals surface area contributed by atoms with Crippen molar-refractivity contribution in [3.63, 3.8) is 0 Å². The van der Waals surface area contributed by atoms with E-state index < -0.39 is 0 Å². The lowest BCUT2D eigenvalue weighted by atomic mass is 10.1. The van der Waals surface area contributed by atoms with Crippen molar-refractivity contribution in [2.24, 2.45) is 5.92 Å². The molecule has 1 aliphatic heterocycles. The number of rotatable bonds is 6. The molecule has 1 heterocycles. The average Bonchev–Trinajstić information content (AvgIpc) is 2.66. The van der Waals surface area contributed by atoms with Gasteiger partial charge in [-0.25, -0.2) is 0 Å². The molecule has 17 heavy (non-hydrogen) atoms. The minimum absolute atomic E-state index is 0. The molecule has 102 valence electrons. The predicted molar refractivity (Wildman–Crippen MR) is 71.6 cm³/mol. The van der Waals surface area contributed by atoms with Gasteiger partial charge in [-0.05, 0) is 39.8 Å². The molecule has 5 heteroatoms. The van der Waals surface area contributed by atoms with Crippen LogP contribution in [0.1, 0.15) is 26.7 Å². The third kappa shape index (κ3) is 6.24. The van der Waals surface area contributed by atoms with Crippen molar-refractivity contribution in [3.8, 4) is 0 Å². The van der Waals surface area contributed by atoms with Crippen LogP contribution in [0, 0.1) is 5.92 Å². The largest absolute Gasteiger partial charge is 0.378 e. The number of ether oxygens (including phenoxy) is 1. The molecule has 1 fully saturated rings. The van der Waals surface area contributed by atoms with E-state index in [-0.39, 0.29) is 24.4 Å². The average molecular weight is 265 g/mol. The number of likely N-dealkylation sites (tertiary alicyclic amines) is 1.